The highest BCUT2D eigenvalue weighted by atomic mass is 16.1. The van der Waals surface area contributed by atoms with Gasteiger partial charge in [0.15, 0.2) is 0 Å². The first-order valence-electron chi connectivity index (χ1n) is 6.26. The van der Waals surface area contributed by atoms with Crippen molar-refractivity contribution in [3.8, 4) is 0 Å². The minimum atomic E-state index is -0.132. The maximum atomic E-state index is 12.3. The van der Waals surface area contributed by atoms with Crippen LogP contribution >= 0.6 is 0 Å². The van der Waals surface area contributed by atoms with E-state index < -0.39 is 0 Å². The van der Waals surface area contributed by atoms with Gasteiger partial charge in [-0.25, -0.2) is 0 Å². The fourth-order valence-corrected chi connectivity index (χ4v) is 1.83. The summed E-state index contributed by atoms with van der Waals surface area (Å²) in [5.74, 6) is -0.132. The summed E-state index contributed by atoms with van der Waals surface area (Å²) in [4.78, 5) is 16.3. The number of pyridine rings is 1. The largest absolute Gasteiger partial charge is 0.385 e. The highest BCUT2D eigenvalue weighted by molar-refractivity contribution is 6.08. The fourth-order valence-electron chi connectivity index (χ4n) is 1.83. The van der Waals surface area contributed by atoms with E-state index in [1.165, 1.54) is 0 Å². The normalized spacial score (nSPS) is 10.0. The van der Waals surface area contributed by atoms with E-state index in [4.69, 9.17) is 0 Å². The molecule has 0 aliphatic heterocycles. The number of carbonyl (C=O) groups excluding carboxylic acids is 1. The molecule has 19 heavy (non-hydrogen) atoms. The summed E-state index contributed by atoms with van der Waals surface area (Å²) in [7, 11) is 0. The molecule has 1 amide bonds. The maximum absolute atomic E-state index is 12.3. The van der Waals surface area contributed by atoms with Crippen molar-refractivity contribution >= 4 is 17.3 Å². The van der Waals surface area contributed by atoms with Crippen molar-refractivity contribution in [1.82, 2.24) is 4.98 Å². The van der Waals surface area contributed by atoms with Gasteiger partial charge in [0.05, 0.1) is 17.4 Å². The van der Waals surface area contributed by atoms with Crippen LogP contribution in [0.5, 0.6) is 0 Å². The van der Waals surface area contributed by atoms with Gasteiger partial charge in [0.25, 0.3) is 5.91 Å². The molecule has 0 atom stereocenters. The smallest absolute Gasteiger partial charge is 0.257 e. The quantitative estimate of drug-likeness (QED) is 0.882. The average Bonchev–Trinajstić information content (AvgIpc) is 2.42. The van der Waals surface area contributed by atoms with Crippen molar-refractivity contribution < 1.29 is 4.79 Å². The van der Waals surface area contributed by atoms with Gasteiger partial charge in [-0.3, -0.25) is 9.78 Å². The van der Waals surface area contributed by atoms with Gasteiger partial charge in [-0.15, -0.1) is 0 Å². The highest BCUT2D eigenvalue weighted by Crippen LogP contribution is 2.19. The molecule has 0 radical (unpaired) electrons. The first-order valence-corrected chi connectivity index (χ1v) is 6.26. The second-order valence-electron chi connectivity index (χ2n) is 4.28. The van der Waals surface area contributed by atoms with Crippen LogP contribution in [-0.2, 0) is 0 Å². The van der Waals surface area contributed by atoms with Crippen LogP contribution in [0.4, 0.5) is 11.4 Å². The van der Waals surface area contributed by atoms with Crippen LogP contribution in [0.25, 0.3) is 0 Å². The molecule has 0 aliphatic carbocycles. The predicted molar refractivity (Wildman–Crippen MR) is 77.5 cm³/mol. The molecule has 4 nitrogen and oxygen atoms in total. The van der Waals surface area contributed by atoms with E-state index >= 15 is 0 Å². The fraction of sp³-hybridized carbons (Fsp3) is 0.200. The van der Waals surface area contributed by atoms with Gasteiger partial charge in [0.2, 0.25) is 0 Å². The first kappa shape index (κ1) is 13.1. The Bertz CT molecular complexity index is 567. The third kappa shape index (κ3) is 3.31. The molecule has 2 aromatic rings. The van der Waals surface area contributed by atoms with Gasteiger partial charge >= 0.3 is 0 Å². The summed E-state index contributed by atoms with van der Waals surface area (Å²) in [6, 6.07) is 9.39. The van der Waals surface area contributed by atoms with E-state index in [1.54, 1.807) is 18.5 Å². The van der Waals surface area contributed by atoms with Gasteiger partial charge in [-0.2, -0.15) is 0 Å². The number of hydrogen-bond acceptors (Lipinski definition) is 3. The Balaban J connectivity index is 2.25. The van der Waals surface area contributed by atoms with Crippen molar-refractivity contribution in [2.45, 2.75) is 13.8 Å². The molecule has 1 aromatic heterocycles. The van der Waals surface area contributed by atoms with Crippen LogP contribution < -0.4 is 10.6 Å². The van der Waals surface area contributed by atoms with Crippen molar-refractivity contribution in [3.05, 3.63) is 53.9 Å². The van der Waals surface area contributed by atoms with Crippen molar-refractivity contribution in [3.63, 3.8) is 0 Å². The lowest BCUT2D eigenvalue weighted by Gasteiger charge is -2.11. The molecule has 0 saturated carbocycles. The van der Waals surface area contributed by atoms with E-state index in [0.717, 1.165) is 17.8 Å². The number of benzene rings is 1. The maximum Gasteiger partial charge on any atom is 0.257 e. The van der Waals surface area contributed by atoms with Gasteiger partial charge in [0.1, 0.15) is 0 Å². The number of carbonyl (C=O) groups is 1. The van der Waals surface area contributed by atoms with Crippen LogP contribution in [0.15, 0.2) is 42.7 Å². The van der Waals surface area contributed by atoms with Gasteiger partial charge < -0.3 is 10.6 Å². The van der Waals surface area contributed by atoms with Gasteiger partial charge in [0, 0.05) is 18.4 Å². The molecular formula is C15H17N3O. The summed E-state index contributed by atoms with van der Waals surface area (Å²) in [6.07, 6.45) is 3.30. The number of rotatable bonds is 4. The zero-order valence-corrected chi connectivity index (χ0v) is 11.1. The Morgan fingerprint density at radius 2 is 2.16 bits per heavy atom. The monoisotopic (exact) mass is 255 g/mol. The average molecular weight is 255 g/mol. The molecule has 0 fully saturated rings. The SMILES string of the molecule is CCNc1ccc(C)cc1C(=O)Nc1cccnc1. The Labute approximate surface area is 112 Å². The number of nitrogens with one attached hydrogen (secondary N) is 2. The Kier molecular flexibility index (Phi) is 4.13. The third-order valence-corrected chi connectivity index (χ3v) is 2.71. The molecule has 4 heteroatoms. The molecule has 1 aromatic carbocycles. The molecule has 0 unspecified atom stereocenters. The summed E-state index contributed by atoms with van der Waals surface area (Å²) in [6.45, 7) is 4.75. The minimum Gasteiger partial charge on any atom is -0.385 e. The van der Waals surface area contributed by atoms with E-state index in [1.807, 2.05) is 38.1 Å². The molecule has 0 spiro atoms. The van der Waals surface area contributed by atoms with Gasteiger partial charge in [-0.05, 0) is 38.1 Å². The van der Waals surface area contributed by atoms with E-state index in [2.05, 4.69) is 15.6 Å². The van der Waals surface area contributed by atoms with E-state index in [-0.39, 0.29) is 5.91 Å². The summed E-state index contributed by atoms with van der Waals surface area (Å²) < 4.78 is 0. The Morgan fingerprint density at radius 3 is 2.84 bits per heavy atom. The molecular weight excluding hydrogens is 238 g/mol. The van der Waals surface area contributed by atoms with E-state index in [0.29, 0.717) is 11.3 Å². The number of hydrogen-bond donors (Lipinski definition) is 2. The Hall–Kier alpha value is -2.36. The standard InChI is InChI=1S/C15H17N3O/c1-3-17-14-7-6-11(2)9-13(14)15(19)18-12-5-4-8-16-10-12/h4-10,17H,3H2,1-2H3,(H,18,19). The lowest BCUT2D eigenvalue weighted by molar-refractivity contribution is 0.102. The molecule has 2 rings (SSSR count). The molecule has 1 heterocycles. The second-order valence-corrected chi connectivity index (χ2v) is 4.28. The Morgan fingerprint density at radius 1 is 1.32 bits per heavy atom. The predicted octanol–water partition coefficient (Wildman–Crippen LogP) is 3.07. The van der Waals surface area contributed by atoms with Crippen molar-refractivity contribution in [1.29, 1.82) is 0 Å². The summed E-state index contributed by atoms with van der Waals surface area (Å²) >= 11 is 0. The lowest BCUT2D eigenvalue weighted by Crippen LogP contribution is -2.15. The molecule has 0 aliphatic rings. The minimum absolute atomic E-state index is 0.132. The summed E-state index contributed by atoms with van der Waals surface area (Å²) in [5.41, 5.74) is 3.23. The van der Waals surface area contributed by atoms with Crippen molar-refractivity contribution in [2.24, 2.45) is 0 Å². The molecule has 2 N–H and O–H groups in total. The zero-order valence-electron chi connectivity index (χ0n) is 11.1. The molecule has 98 valence electrons. The number of anilines is 2. The third-order valence-electron chi connectivity index (χ3n) is 2.71. The van der Waals surface area contributed by atoms with Crippen LogP contribution in [0, 0.1) is 6.92 Å². The first-order chi connectivity index (χ1) is 9.20. The topological polar surface area (TPSA) is 54.0 Å². The molecule has 0 bridgehead atoms. The zero-order chi connectivity index (χ0) is 13.7. The highest BCUT2D eigenvalue weighted by Gasteiger charge is 2.11. The molecule has 0 saturated heterocycles. The van der Waals surface area contributed by atoms with Crippen LogP contribution in [0.2, 0.25) is 0 Å². The summed E-state index contributed by atoms with van der Waals surface area (Å²) in [5, 5.41) is 6.04. The number of amides is 1. The van der Waals surface area contributed by atoms with Crippen molar-refractivity contribution in [2.75, 3.05) is 17.2 Å². The number of nitrogens with zero attached hydrogens (tertiary/aromatic N) is 1. The van der Waals surface area contributed by atoms with Crippen LogP contribution in [0.1, 0.15) is 22.8 Å². The van der Waals surface area contributed by atoms with Gasteiger partial charge in [-0.1, -0.05) is 11.6 Å². The second kappa shape index (κ2) is 6.00. The van der Waals surface area contributed by atoms with E-state index in [9.17, 15) is 4.79 Å². The van der Waals surface area contributed by atoms with Crippen LogP contribution in [-0.4, -0.2) is 17.4 Å². The number of aryl methyl sites for hydroxylation is 1. The van der Waals surface area contributed by atoms with Crippen LogP contribution in [0.3, 0.4) is 0 Å². The lowest BCUT2D eigenvalue weighted by atomic mass is 10.1. The number of aromatic nitrogens is 1.